The van der Waals surface area contributed by atoms with Crippen molar-refractivity contribution in [2.75, 3.05) is 29.4 Å². The summed E-state index contributed by atoms with van der Waals surface area (Å²) in [7, 11) is -3.59. The second-order valence-corrected chi connectivity index (χ2v) is 10.7. The highest BCUT2D eigenvalue weighted by Crippen LogP contribution is 2.24. The van der Waals surface area contributed by atoms with Gasteiger partial charge < -0.3 is 5.32 Å². The van der Waals surface area contributed by atoms with E-state index < -0.39 is 10.0 Å². The first-order chi connectivity index (χ1) is 13.2. The number of sulfonamides is 1. The summed E-state index contributed by atoms with van der Waals surface area (Å²) in [5.74, 6) is 0.996. The van der Waals surface area contributed by atoms with Gasteiger partial charge >= 0.3 is 0 Å². The molecule has 0 aliphatic heterocycles. The van der Waals surface area contributed by atoms with Gasteiger partial charge in [0.15, 0.2) is 0 Å². The summed E-state index contributed by atoms with van der Waals surface area (Å²) in [6.07, 6.45) is 1.08. The Morgan fingerprint density at radius 2 is 1.96 bits per heavy atom. The van der Waals surface area contributed by atoms with Crippen molar-refractivity contribution in [3.8, 4) is 0 Å². The molecule has 0 saturated carbocycles. The molecule has 1 N–H and O–H groups in total. The van der Waals surface area contributed by atoms with E-state index in [4.69, 9.17) is 23.2 Å². The third-order valence-corrected chi connectivity index (χ3v) is 6.85. The summed E-state index contributed by atoms with van der Waals surface area (Å²) in [5, 5.41) is 3.95. The number of hydrogen-bond acceptors (Lipinski definition) is 4. The van der Waals surface area contributed by atoms with Crippen molar-refractivity contribution in [2.45, 2.75) is 5.75 Å². The van der Waals surface area contributed by atoms with Gasteiger partial charge in [0, 0.05) is 32.6 Å². The van der Waals surface area contributed by atoms with Gasteiger partial charge in [0.2, 0.25) is 15.9 Å². The Morgan fingerprint density at radius 1 is 1.21 bits per heavy atom. The summed E-state index contributed by atoms with van der Waals surface area (Å²) < 4.78 is 26.0. The Morgan fingerprint density at radius 3 is 2.61 bits per heavy atom. The van der Waals surface area contributed by atoms with Crippen LogP contribution in [0, 0.1) is 0 Å². The van der Waals surface area contributed by atoms with E-state index in [1.807, 2.05) is 6.07 Å². The van der Waals surface area contributed by atoms with Crippen LogP contribution < -0.4 is 9.62 Å². The number of halogens is 3. The lowest BCUT2D eigenvalue weighted by molar-refractivity contribution is -0.119. The lowest BCUT2D eigenvalue weighted by Gasteiger charge is -2.22. The van der Waals surface area contributed by atoms with Crippen molar-refractivity contribution in [1.82, 2.24) is 5.32 Å². The molecule has 0 aliphatic carbocycles. The van der Waals surface area contributed by atoms with Gasteiger partial charge in [-0.1, -0.05) is 51.3 Å². The smallest absolute Gasteiger partial charge is 0.240 e. The Labute approximate surface area is 188 Å². The average Bonchev–Trinajstić information content (AvgIpc) is 2.60. The molecule has 0 radical (unpaired) electrons. The van der Waals surface area contributed by atoms with E-state index in [2.05, 4.69) is 21.2 Å². The third kappa shape index (κ3) is 7.48. The summed E-state index contributed by atoms with van der Waals surface area (Å²) in [5.41, 5.74) is 1.40. The predicted octanol–water partition coefficient (Wildman–Crippen LogP) is 4.57. The van der Waals surface area contributed by atoms with E-state index in [-0.39, 0.29) is 12.5 Å². The minimum atomic E-state index is -3.59. The molecule has 1 amide bonds. The maximum Gasteiger partial charge on any atom is 0.240 e. The van der Waals surface area contributed by atoms with Gasteiger partial charge in [-0.25, -0.2) is 8.42 Å². The molecule has 0 atom stereocenters. The normalized spacial score (nSPS) is 11.3. The van der Waals surface area contributed by atoms with Crippen LogP contribution in [-0.2, 0) is 20.6 Å². The van der Waals surface area contributed by atoms with Crippen LogP contribution in [0.2, 0.25) is 10.0 Å². The maximum absolute atomic E-state index is 12.2. The topological polar surface area (TPSA) is 66.5 Å². The molecule has 0 spiro atoms. The van der Waals surface area contributed by atoms with Crippen molar-refractivity contribution < 1.29 is 13.2 Å². The molecule has 10 heteroatoms. The Hall–Kier alpha value is -0.930. The molecule has 0 heterocycles. The SMILES string of the molecule is CS(=O)(=O)N(CC(=O)NCCSCc1ccc(Cl)cc1Cl)c1cccc(Br)c1. The van der Waals surface area contributed by atoms with E-state index >= 15 is 0 Å². The maximum atomic E-state index is 12.2. The first-order valence-electron chi connectivity index (χ1n) is 8.18. The number of benzene rings is 2. The zero-order chi connectivity index (χ0) is 20.7. The molecule has 0 aromatic heterocycles. The van der Waals surface area contributed by atoms with Crippen LogP contribution in [0.5, 0.6) is 0 Å². The molecule has 0 bridgehead atoms. The number of rotatable bonds is 9. The van der Waals surface area contributed by atoms with Crippen LogP contribution in [0.25, 0.3) is 0 Å². The minimum absolute atomic E-state index is 0.275. The second kappa shape index (κ2) is 10.7. The molecule has 152 valence electrons. The summed E-state index contributed by atoms with van der Waals surface area (Å²) in [6, 6.07) is 12.2. The lowest BCUT2D eigenvalue weighted by Crippen LogP contribution is -2.41. The monoisotopic (exact) mass is 524 g/mol. The van der Waals surface area contributed by atoms with Gasteiger partial charge in [0.1, 0.15) is 6.54 Å². The molecular weight excluding hydrogens is 507 g/mol. The fourth-order valence-electron chi connectivity index (χ4n) is 2.30. The predicted molar refractivity (Wildman–Crippen MR) is 122 cm³/mol. The quantitative estimate of drug-likeness (QED) is 0.487. The van der Waals surface area contributed by atoms with E-state index in [0.29, 0.717) is 33.8 Å². The van der Waals surface area contributed by atoms with Crippen molar-refractivity contribution in [3.63, 3.8) is 0 Å². The number of anilines is 1. The van der Waals surface area contributed by atoms with Crippen molar-refractivity contribution in [1.29, 1.82) is 0 Å². The Bertz CT molecular complexity index is 942. The third-order valence-electron chi connectivity index (χ3n) is 3.62. The zero-order valence-corrected chi connectivity index (χ0v) is 19.7. The molecular formula is C18H19BrCl2N2O3S2. The fraction of sp³-hybridized carbons (Fsp3) is 0.278. The van der Waals surface area contributed by atoms with Crippen LogP contribution in [0.1, 0.15) is 5.56 Å². The highest BCUT2D eigenvalue weighted by molar-refractivity contribution is 9.10. The lowest BCUT2D eigenvalue weighted by atomic mass is 10.2. The minimum Gasteiger partial charge on any atom is -0.354 e. The van der Waals surface area contributed by atoms with Gasteiger partial charge in [-0.2, -0.15) is 11.8 Å². The molecule has 5 nitrogen and oxygen atoms in total. The number of carbonyl (C=O) groups excluding carboxylic acids is 1. The second-order valence-electron chi connectivity index (χ2n) is 5.89. The number of amides is 1. The van der Waals surface area contributed by atoms with Crippen molar-refractivity contribution in [3.05, 3.63) is 62.5 Å². The zero-order valence-electron chi connectivity index (χ0n) is 15.0. The fourth-order valence-corrected chi connectivity index (χ4v) is 4.95. The molecule has 0 aliphatic rings. The molecule has 2 aromatic rings. The van der Waals surface area contributed by atoms with Crippen molar-refractivity contribution in [2.24, 2.45) is 0 Å². The molecule has 28 heavy (non-hydrogen) atoms. The van der Waals surface area contributed by atoms with Crippen LogP contribution in [0.15, 0.2) is 46.9 Å². The molecule has 2 aromatic carbocycles. The van der Waals surface area contributed by atoms with Crippen molar-refractivity contribution >= 4 is 72.5 Å². The van der Waals surface area contributed by atoms with Crippen LogP contribution in [0.4, 0.5) is 5.69 Å². The summed E-state index contributed by atoms with van der Waals surface area (Å²) in [6.45, 7) is 0.147. The Kier molecular flexibility index (Phi) is 8.95. The summed E-state index contributed by atoms with van der Waals surface area (Å²) in [4.78, 5) is 12.2. The highest BCUT2D eigenvalue weighted by atomic mass is 79.9. The van der Waals surface area contributed by atoms with Crippen LogP contribution in [0.3, 0.4) is 0 Å². The van der Waals surface area contributed by atoms with E-state index in [0.717, 1.165) is 20.6 Å². The largest absolute Gasteiger partial charge is 0.354 e. The van der Waals surface area contributed by atoms with E-state index in [1.165, 1.54) is 0 Å². The Balaban J connectivity index is 1.83. The molecule has 2 rings (SSSR count). The number of carbonyl (C=O) groups is 1. The van der Waals surface area contributed by atoms with Gasteiger partial charge in [0.05, 0.1) is 11.9 Å². The van der Waals surface area contributed by atoms with Gasteiger partial charge in [-0.3, -0.25) is 9.10 Å². The number of nitrogens with one attached hydrogen (secondary N) is 1. The highest BCUT2D eigenvalue weighted by Gasteiger charge is 2.20. The van der Waals surface area contributed by atoms with Gasteiger partial charge in [-0.05, 0) is 35.9 Å². The van der Waals surface area contributed by atoms with E-state index in [9.17, 15) is 13.2 Å². The van der Waals surface area contributed by atoms with Crippen LogP contribution in [-0.4, -0.2) is 39.4 Å². The average molecular weight is 526 g/mol. The number of nitrogens with zero attached hydrogens (tertiary/aromatic N) is 1. The van der Waals surface area contributed by atoms with Gasteiger partial charge in [-0.15, -0.1) is 0 Å². The van der Waals surface area contributed by atoms with E-state index in [1.54, 1.807) is 48.2 Å². The summed E-state index contributed by atoms with van der Waals surface area (Å²) >= 11 is 16.9. The first-order valence-corrected chi connectivity index (χ1v) is 12.7. The van der Waals surface area contributed by atoms with Crippen LogP contribution >= 0.6 is 50.9 Å². The molecule has 0 saturated heterocycles. The molecule has 0 fully saturated rings. The number of hydrogen-bond donors (Lipinski definition) is 1. The van der Waals surface area contributed by atoms with Gasteiger partial charge in [0.25, 0.3) is 0 Å². The molecule has 0 unspecified atom stereocenters. The first kappa shape index (κ1) is 23.3. The standard InChI is InChI=1S/C18H19BrCl2N2O3S2/c1-28(25,26)23(16-4-2-3-14(19)9-16)11-18(24)22-7-8-27-12-13-5-6-15(20)10-17(13)21/h2-6,9-10H,7-8,11-12H2,1H3,(H,22,24). The number of thioether (sulfide) groups is 1.